The minimum absolute atomic E-state index is 0.101. The van der Waals surface area contributed by atoms with Crippen LogP contribution in [0.25, 0.3) is 0 Å². The monoisotopic (exact) mass is 326 g/mol. The van der Waals surface area contributed by atoms with Crippen LogP contribution in [0, 0.1) is 5.82 Å². The summed E-state index contributed by atoms with van der Waals surface area (Å²) in [5, 5.41) is 3.01. The minimum Gasteiger partial charge on any atom is -0.432 e. The van der Waals surface area contributed by atoms with Crippen LogP contribution in [0.2, 0.25) is 0 Å². The largest absolute Gasteiger partial charge is 0.432 e. The highest BCUT2D eigenvalue weighted by atomic mass is 32.2. The molecule has 2 N–H and O–H groups in total. The van der Waals surface area contributed by atoms with Crippen LogP contribution in [0.5, 0.6) is 5.75 Å². The summed E-state index contributed by atoms with van der Waals surface area (Å²) in [5.41, 5.74) is 0. The molecular weight excluding hydrogens is 309 g/mol. The van der Waals surface area contributed by atoms with Gasteiger partial charge in [-0.15, -0.1) is 0 Å². The van der Waals surface area contributed by atoms with Gasteiger partial charge in [0.15, 0.2) is 11.6 Å². The number of ether oxygens (including phenoxy) is 1. The predicted octanol–water partition coefficient (Wildman–Crippen LogP) is 1.70. The van der Waals surface area contributed by atoms with E-state index in [0.29, 0.717) is 12.6 Å². The number of alkyl halides is 2. The van der Waals surface area contributed by atoms with Gasteiger partial charge in [0.2, 0.25) is 10.0 Å². The third-order valence-electron chi connectivity index (χ3n) is 2.56. The fourth-order valence-corrected chi connectivity index (χ4v) is 2.72. The van der Waals surface area contributed by atoms with E-state index in [-0.39, 0.29) is 17.5 Å². The Balaban J connectivity index is 2.82. The highest BCUT2D eigenvalue weighted by molar-refractivity contribution is 7.89. The fourth-order valence-electron chi connectivity index (χ4n) is 1.58. The lowest BCUT2D eigenvalue weighted by molar-refractivity contribution is -0.0522. The van der Waals surface area contributed by atoms with E-state index >= 15 is 0 Å². The van der Waals surface area contributed by atoms with Crippen LogP contribution in [0.3, 0.4) is 0 Å². The summed E-state index contributed by atoms with van der Waals surface area (Å²) in [6.07, 6.45) is 0. The van der Waals surface area contributed by atoms with Gasteiger partial charge in [0.05, 0.1) is 4.90 Å². The molecule has 0 aliphatic carbocycles. The summed E-state index contributed by atoms with van der Waals surface area (Å²) in [4.78, 5) is -0.356. The van der Waals surface area contributed by atoms with Crippen LogP contribution in [-0.4, -0.2) is 34.2 Å². The highest BCUT2D eigenvalue weighted by Gasteiger charge is 2.18. The predicted molar refractivity (Wildman–Crippen MR) is 71.4 cm³/mol. The average molecular weight is 326 g/mol. The molecule has 0 saturated carbocycles. The first kappa shape index (κ1) is 17.7. The summed E-state index contributed by atoms with van der Waals surface area (Å²) < 4.78 is 67.6. The lowest BCUT2D eigenvalue weighted by Crippen LogP contribution is -2.38. The van der Waals surface area contributed by atoms with Gasteiger partial charge in [0, 0.05) is 12.6 Å². The molecule has 0 amide bonds. The highest BCUT2D eigenvalue weighted by Crippen LogP contribution is 2.22. The standard InChI is InChI=1S/C12H17F3N2O3S/c1-3-16-8(2)7-17-21(18,19)9-4-5-11(10(13)6-9)20-12(14)15/h4-6,8,12,16-17H,3,7H2,1-2H3/t8-/m1/s1. The molecule has 0 unspecified atom stereocenters. The summed E-state index contributed by atoms with van der Waals surface area (Å²) in [6, 6.07) is 2.39. The van der Waals surface area contributed by atoms with Crippen LogP contribution >= 0.6 is 0 Å². The molecule has 120 valence electrons. The van der Waals surface area contributed by atoms with Crippen molar-refractivity contribution in [3.8, 4) is 5.75 Å². The maximum Gasteiger partial charge on any atom is 0.387 e. The van der Waals surface area contributed by atoms with Gasteiger partial charge in [-0.05, 0) is 31.7 Å². The van der Waals surface area contributed by atoms with E-state index in [0.717, 1.165) is 12.1 Å². The number of likely N-dealkylation sites (N-methyl/N-ethyl adjacent to an activating group) is 1. The van der Waals surface area contributed by atoms with E-state index in [2.05, 4.69) is 14.8 Å². The molecular formula is C12H17F3N2O3S. The maximum atomic E-state index is 13.5. The smallest absolute Gasteiger partial charge is 0.387 e. The third-order valence-corrected chi connectivity index (χ3v) is 3.98. The van der Waals surface area contributed by atoms with Crippen LogP contribution < -0.4 is 14.8 Å². The summed E-state index contributed by atoms with van der Waals surface area (Å²) in [6.45, 7) is 1.28. The van der Waals surface area contributed by atoms with E-state index in [9.17, 15) is 21.6 Å². The number of hydrogen-bond acceptors (Lipinski definition) is 4. The number of benzene rings is 1. The Morgan fingerprint density at radius 1 is 1.33 bits per heavy atom. The average Bonchev–Trinajstić information content (AvgIpc) is 2.39. The second-order valence-electron chi connectivity index (χ2n) is 4.28. The first-order valence-corrected chi connectivity index (χ1v) is 7.72. The Hall–Kier alpha value is -1.32. The summed E-state index contributed by atoms with van der Waals surface area (Å²) >= 11 is 0. The molecule has 0 aliphatic heterocycles. The Kier molecular flexibility index (Phi) is 6.43. The number of sulfonamides is 1. The molecule has 1 aromatic rings. The normalized spacial score (nSPS) is 13.4. The summed E-state index contributed by atoms with van der Waals surface area (Å²) in [5.74, 6) is -1.87. The molecule has 0 saturated heterocycles. The molecule has 0 spiro atoms. The zero-order valence-corrected chi connectivity index (χ0v) is 12.4. The van der Waals surface area contributed by atoms with Crippen molar-refractivity contribution in [1.29, 1.82) is 0 Å². The molecule has 0 fully saturated rings. The van der Waals surface area contributed by atoms with Gasteiger partial charge in [0.1, 0.15) is 0 Å². The first-order chi connectivity index (χ1) is 9.76. The van der Waals surface area contributed by atoms with E-state index < -0.39 is 28.2 Å². The van der Waals surface area contributed by atoms with Crippen LogP contribution in [-0.2, 0) is 10.0 Å². The SMILES string of the molecule is CCN[C@H](C)CNS(=O)(=O)c1ccc(OC(F)F)c(F)c1. The zero-order valence-electron chi connectivity index (χ0n) is 11.6. The molecule has 1 rings (SSSR count). The molecule has 1 aromatic carbocycles. The Bertz CT molecular complexity index is 567. The van der Waals surface area contributed by atoms with Gasteiger partial charge in [-0.2, -0.15) is 8.78 Å². The van der Waals surface area contributed by atoms with E-state index in [1.165, 1.54) is 0 Å². The molecule has 0 aliphatic rings. The van der Waals surface area contributed by atoms with Gasteiger partial charge >= 0.3 is 6.61 Å². The molecule has 21 heavy (non-hydrogen) atoms. The lowest BCUT2D eigenvalue weighted by Gasteiger charge is -2.14. The van der Waals surface area contributed by atoms with Gasteiger partial charge in [-0.3, -0.25) is 0 Å². The van der Waals surface area contributed by atoms with E-state index in [1.54, 1.807) is 6.92 Å². The minimum atomic E-state index is -3.91. The van der Waals surface area contributed by atoms with Crippen molar-refractivity contribution in [3.63, 3.8) is 0 Å². The lowest BCUT2D eigenvalue weighted by atomic mass is 10.3. The van der Waals surface area contributed by atoms with Crippen molar-refractivity contribution < 1.29 is 26.3 Å². The topological polar surface area (TPSA) is 67.4 Å². The fraction of sp³-hybridized carbons (Fsp3) is 0.500. The van der Waals surface area contributed by atoms with Crippen molar-refractivity contribution in [2.45, 2.75) is 31.4 Å². The first-order valence-electron chi connectivity index (χ1n) is 6.23. The van der Waals surface area contributed by atoms with Crippen LogP contribution in [0.1, 0.15) is 13.8 Å². The van der Waals surface area contributed by atoms with Crippen molar-refractivity contribution in [3.05, 3.63) is 24.0 Å². The third kappa shape index (κ3) is 5.52. The van der Waals surface area contributed by atoms with Crippen molar-refractivity contribution >= 4 is 10.0 Å². The van der Waals surface area contributed by atoms with Gasteiger partial charge in [0.25, 0.3) is 0 Å². The summed E-state index contributed by atoms with van der Waals surface area (Å²) in [7, 11) is -3.91. The number of nitrogens with one attached hydrogen (secondary N) is 2. The number of hydrogen-bond donors (Lipinski definition) is 2. The Morgan fingerprint density at radius 3 is 2.52 bits per heavy atom. The molecule has 1 atom stereocenters. The number of rotatable bonds is 8. The Morgan fingerprint density at radius 2 is 2.00 bits per heavy atom. The molecule has 9 heteroatoms. The molecule has 5 nitrogen and oxygen atoms in total. The maximum absolute atomic E-state index is 13.5. The second kappa shape index (κ2) is 7.62. The quantitative estimate of drug-likeness (QED) is 0.763. The molecule has 0 heterocycles. The van der Waals surface area contributed by atoms with Crippen LogP contribution in [0.15, 0.2) is 23.1 Å². The molecule has 0 aromatic heterocycles. The van der Waals surface area contributed by atoms with E-state index in [1.807, 2.05) is 6.92 Å². The molecule has 0 radical (unpaired) electrons. The number of halogens is 3. The van der Waals surface area contributed by atoms with Crippen LogP contribution in [0.4, 0.5) is 13.2 Å². The van der Waals surface area contributed by atoms with Gasteiger partial charge < -0.3 is 10.1 Å². The van der Waals surface area contributed by atoms with Gasteiger partial charge in [-0.1, -0.05) is 6.92 Å². The van der Waals surface area contributed by atoms with Gasteiger partial charge in [-0.25, -0.2) is 17.5 Å². The van der Waals surface area contributed by atoms with Crippen molar-refractivity contribution in [2.24, 2.45) is 0 Å². The zero-order chi connectivity index (χ0) is 16.0. The van der Waals surface area contributed by atoms with E-state index in [4.69, 9.17) is 0 Å². The van der Waals surface area contributed by atoms with Crippen molar-refractivity contribution in [2.75, 3.05) is 13.1 Å². The second-order valence-corrected chi connectivity index (χ2v) is 6.05. The van der Waals surface area contributed by atoms with Crippen molar-refractivity contribution in [1.82, 2.24) is 10.0 Å². The Labute approximate surface area is 121 Å². The molecule has 0 bridgehead atoms.